The summed E-state index contributed by atoms with van der Waals surface area (Å²) in [5.41, 5.74) is 3.00. The summed E-state index contributed by atoms with van der Waals surface area (Å²) in [7, 11) is 0. The third-order valence-corrected chi connectivity index (χ3v) is 8.99. The van der Waals surface area contributed by atoms with Crippen LogP contribution in [-0.2, 0) is 4.74 Å². The Morgan fingerprint density at radius 3 is 2.46 bits per heavy atom. The fraction of sp³-hybridized carbons (Fsp3) is 0.471. The van der Waals surface area contributed by atoms with E-state index in [2.05, 4.69) is 33.6 Å². The molecule has 0 unspecified atom stereocenters. The number of carboxylic acid groups (broad SMARTS) is 1. The summed E-state index contributed by atoms with van der Waals surface area (Å²) < 4.78 is 8.49. The number of aromatic nitrogens is 5. The molecule has 1 saturated carbocycles. The molecule has 0 bridgehead atoms. The summed E-state index contributed by atoms with van der Waals surface area (Å²) in [6.45, 7) is 6.92. The van der Waals surface area contributed by atoms with Gasteiger partial charge in [0.05, 0.1) is 30.4 Å². The van der Waals surface area contributed by atoms with E-state index in [1.807, 2.05) is 43.8 Å². The highest BCUT2D eigenvalue weighted by Gasteiger charge is 2.29. The monoisotopic (exact) mass is 624 g/mol. The van der Waals surface area contributed by atoms with Gasteiger partial charge in [-0.15, -0.1) is 0 Å². The molecule has 1 aliphatic carbocycles. The van der Waals surface area contributed by atoms with Gasteiger partial charge in [-0.25, -0.2) is 19.1 Å². The molecule has 0 spiro atoms. The predicted molar refractivity (Wildman–Crippen MR) is 173 cm³/mol. The minimum atomic E-state index is -1.14. The Hall–Kier alpha value is -4.92. The number of nitrogens with one attached hydrogen (secondary N) is 1. The highest BCUT2D eigenvalue weighted by molar-refractivity contribution is 5.95. The van der Waals surface area contributed by atoms with Crippen LogP contribution in [0.25, 0.3) is 22.3 Å². The number of likely N-dealkylation sites (tertiary alicyclic amines) is 1. The molecule has 1 aromatic carbocycles. The van der Waals surface area contributed by atoms with Gasteiger partial charge in [0, 0.05) is 42.1 Å². The second kappa shape index (κ2) is 12.8. The van der Waals surface area contributed by atoms with E-state index < -0.39 is 11.7 Å². The normalized spacial score (nSPS) is 16.8. The molecule has 46 heavy (non-hydrogen) atoms. The van der Waals surface area contributed by atoms with Crippen molar-refractivity contribution >= 4 is 34.9 Å². The highest BCUT2D eigenvalue weighted by Crippen LogP contribution is 2.37. The third-order valence-electron chi connectivity index (χ3n) is 8.99. The molecule has 12 nitrogen and oxygen atoms in total. The average Bonchev–Trinajstić information content (AvgIpc) is 3.81. The molecule has 1 atom stereocenters. The number of carbonyl (C=O) groups is 2. The quantitative estimate of drug-likeness (QED) is 0.215. The van der Waals surface area contributed by atoms with Crippen LogP contribution in [0.15, 0.2) is 48.9 Å². The number of piperidine rings is 1. The molecule has 12 heteroatoms. The number of benzene rings is 1. The van der Waals surface area contributed by atoms with Crippen LogP contribution < -0.4 is 5.32 Å². The van der Waals surface area contributed by atoms with Gasteiger partial charge in [-0.2, -0.15) is 15.3 Å². The van der Waals surface area contributed by atoms with Crippen LogP contribution in [0.3, 0.4) is 0 Å². The molecule has 0 radical (unpaired) electrons. The second-order valence-corrected chi connectivity index (χ2v) is 13.3. The maximum atomic E-state index is 12.5. The Balaban J connectivity index is 1.22. The highest BCUT2D eigenvalue weighted by atomic mass is 16.6. The number of ether oxygens (including phenoxy) is 1. The maximum absolute atomic E-state index is 12.5. The Morgan fingerprint density at radius 2 is 1.80 bits per heavy atom. The zero-order valence-electron chi connectivity index (χ0n) is 26.5. The zero-order valence-corrected chi connectivity index (χ0v) is 26.5. The van der Waals surface area contributed by atoms with Gasteiger partial charge in [0.25, 0.3) is 0 Å². The van der Waals surface area contributed by atoms with Gasteiger partial charge in [-0.1, -0.05) is 25.0 Å². The summed E-state index contributed by atoms with van der Waals surface area (Å²) in [5.74, 6) is 0.999. The molecule has 2 aliphatic rings. The van der Waals surface area contributed by atoms with Gasteiger partial charge in [0.1, 0.15) is 5.60 Å². The molecule has 4 aromatic rings. The lowest BCUT2D eigenvalue weighted by Gasteiger charge is -2.33. The van der Waals surface area contributed by atoms with Crippen molar-refractivity contribution in [3.63, 3.8) is 0 Å². The number of hydrogen-bond acceptors (Lipinski definition) is 8. The van der Waals surface area contributed by atoms with Crippen LogP contribution >= 0.6 is 0 Å². The number of carbonyl (C=O) groups excluding carboxylic acids is 1. The molecular formula is C34H40N8O4. The predicted octanol–water partition coefficient (Wildman–Crippen LogP) is 7.32. The van der Waals surface area contributed by atoms with Gasteiger partial charge >= 0.3 is 12.2 Å². The number of nitrogens with zero attached hydrogens (tertiary/aromatic N) is 7. The number of hydrogen-bond donors (Lipinski definition) is 2. The summed E-state index contributed by atoms with van der Waals surface area (Å²) in [4.78, 5) is 35.6. The standard InChI is InChI=1S/C34H40N8O4/c1-34(2,3)46-33(45)40-17-13-23(14-18-40)22-8-10-26(11-9-22)37-31-38-29(27-15-19-41(32(43)44)30(27)39-31)25-20-36-42(21-25)28(12-16-35)24-6-4-5-7-24/h8-11,15,19-21,23-24,28H,4-7,12-14,17-18H2,1-3H3,(H,43,44)(H,37,38,39)/t28-/m0/s1. The molecule has 1 amide bonds. The lowest BCUT2D eigenvalue weighted by molar-refractivity contribution is 0.0204. The number of anilines is 2. The van der Waals surface area contributed by atoms with E-state index in [0.717, 1.165) is 41.5 Å². The van der Waals surface area contributed by atoms with E-state index in [0.29, 0.717) is 42.4 Å². The van der Waals surface area contributed by atoms with Crippen molar-refractivity contribution in [3.8, 4) is 17.3 Å². The Kier molecular flexibility index (Phi) is 8.67. The first-order valence-corrected chi connectivity index (χ1v) is 16.0. The SMILES string of the molecule is CC(C)(C)OC(=O)N1CCC(c2ccc(Nc3nc(-c4cnn([C@@H](CC#N)C5CCCC5)c4)c4ccn(C(=O)O)c4n3)cc2)CC1. The summed E-state index contributed by atoms with van der Waals surface area (Å²) in [6, 6.07) is 12.1. The zero-order chi connectivity index (χ0) is 32.4. The van der Waals surface area contributed by atoms with Crippen LogP contribution in [0.1, 0.15) is 83.2 Å². The third kappa shape index (κ3) is 6.68. The number of nitriles is 1. The molecule has 1 saturated heterocycles. The van der Waals surface area contributed by atoms with Crippen LogP contribution in [-0.4, -0.2) is 65.2 Å². The van der Waals surface area contributed by atoms with Crippen LogP contribution in [0, 0.1) is 17.2 Å². The average molecular weight is 625 g/mol. The lowest BCUT2D eigenvalue weighted by atomic mass is 9.89. The van der Waals surface area contributed by atoms with E-state index in [4.69, 9.17) is 9.72 Å². The van der Waals surface area contributed by atoms with Crippen molar-refractivity contribution < 1.29 is 19.4 Å². The van der Waals surface area contributed by atoms with Gasteiger partial charge in [-0.05, 0) is 82.1 Å². The minimum Gasteiger partial charge on any atom is -0.464 e. The first kappa shape index (κ1) is 31.1. The molecule has 2 fully saturated rings. The van der Waals surface area contributed by atoms with Gasteiger partial charge in [0.15, 0.2) is 5.65 Å². The number of amides is 1. The van der Waals surface area contributed by atoms with Crippen molar-refractivity contribution in [2.24, 2.45) is 5.92 Å². The smallest absolute Gasteiger partial charge is 0.417 e. The summed E-state index contributed by atoms with van der Waals surface area (Å²) >= 11 is 0. The molecule has 3 aromatic heterocycles. The van der Waals surface area contributed by atoms with Crippen LogP contribution in [0.5, 0.6) is 0 Å². The van der Waals surface area contributed by atoms with Crippen LogP contribution in [0.2, 0.25) is 0 Å². The fourth-order valence-electron chi connectivity index (χ4n) is 6.69. The Morgan fingerprint density at radius 1 is 1.09 bits per heavy atom. The van der Waals surface area contributed by atoms with Crippen LogP contribution in [0.4, 0.5) is 21.2 Å². The number of fused-ring (bicyclic) bond motifs is 1. The van der Waals surface area contributed by atoms with Crippen molar-refractivity contribution in [3.05, 3.63) is 54.5 Å². The van der Waals surface area contributed by atoms with E-state index >= 15 is 0 Å². The molecule has 2 N–H and O–H groups in total. The van der Waals surface area contributed by atoms with E-state index in [1.54, 1.807) is 17.2 Å². The maximum Gasteiger partial charge on any atom is 0.417 e. The lowest BCUT2D eigenvalue weighted by Crippen LogP contribution is -2.41. The first-order chi connectivity index (χ1) is 22.1. The minimum absolute atomic E-state index is 0.0112. The molecule has 4 heterocycles. The summed E-state index contributed by atoms with van der Waals surface area (Å²) in [6.07, 6.45) is 10.3. The fourth-order valence-corrected chi connectivity index (χ4v) is 6.69. The van der Waals surface area contributed by atoms with Gasteiger partial charge in [0.2, 0.25) is 5.95 Å². The van der Waals surface area contributed by atoms with Crippen molar-refractivity contribution in [2.45, 2.75) is 83.3 Å². The largest absolute Gasteiger partial charge is 0.464 e. The van der Waals surface area contributed by atoms with Crippen molar-refractivity contribution in [2.75, 3.05) is 18.4 Å². The van der Waals surface area contributed by atoms with E-state index in [-0.39, 0.29) is 23.7 Å². The second-order valence-electron chi connectivity index (χ2n) is 13.3. The topological polar surface area (TPSA) is 151 Å². The molecule has 6 rings (SSSR count). The first-order valence-electron chi connectivity index (χ1n) is 16.0. The van der Waals surface area contributed by atoms with Gasteiger partial charge < -0.3 is 20.1 Å². The molecule has 240 valence electrons. The van der Waals surface area contributed by atoms with E-state index in [9.17, 15) is 20.0 Å². The molecular weight excluding hydrogens is 584 g/mol. The van der Waals surface area contributed by atoms with Crippen molar-refractivity contribution in [1.82, 2.24) is 29.2 Å². The van der Waals surface area contributed by atoms with Crippen molar-refractivity contribution in [1.29, 1.82) is 5.26 Å². The Bertz CT molecular complexity index is 1750. The van der Waals surface area contributed by atoms with E-state index in [1.165, 1.54) is 24.6 Å². The summed E-state index contributed by atoms with van der Waals surface area (Å²) in [5, 5.41) is 27.8. The Labute approximate surface area is 268 Å². The molecule has 1 aliphatic heterocycles. The van der Waals surface area contributed by atoms with Gasteiger partial charge in [-0.3, -0.25) is 4.68 Å². The number of rotatable bonds is 7.